The zero-order valence-corrected chi connectivity index (χ0v) is 19.9. The van der Waals surface area contributed by atoms with Gasteiger partial charge < -0.3 is 25.2 Å². The summed E-state index contributed by atoms with van der Waals surface area (Å²) in [4.78, 5) is 37.3. The molecule has 2 aromatic carbocycles. The van der Waals surface area contributed by atoms with Crippen LogP contribution in [-0.4, -0.2) is 56.0 Å². The molecule has 0 aromatic heterocycles. The van der Waals surface area contributed by atoms with Crippen LogP contribution in [0.4, 0.5) is 4.79 Å². The Morgan fingerprint density at radius 2 is 1.60 bits per heavy atom. The van der Waals surface area contributed by atoms with Crippen molar-refractivity contribution in [2.24, 2.45) is 5.41 Å². The van der Waals surface area contributed by atoms with E-state index in [9.17, 15) is 19.5 Å². The summed E-state index contributed by atoms with van der Waals surface area (Å²) < 4.78 is 10.5. The Labute approximate surface area is 205 Å². The van der Waals surface area contributed by atoms with E-state index in [2.05, 4.69) is 34.9 Å². The van der Waals surface area contributed by atoms with Crippen LogP contribution < -0.4 is 10.6 Å². The minimum absolute atomic E-state index is 0.0505. The first kappa shape index (κ1) is 24.7. The lowest BCUT2D eigenvalue weighted by Gasteiger charge is -2.36. The second-order valence-electron chi connectivity index (χ2n) is 9.34. The fourth-order valence-electron chi connectivity index (χ4n) is 5.26. The maximum atomic E-state index is 13.1. The molecule has 8 heteroatoms. The van der Waals surface area contributed by atoms with Crippen LogP contribution in [0.2, 0.25) is 0 Å². The van der Waals surface area contributed by atoms with E-state index in [0.717, 1.165) is 41.5 Å². The van der Waals surface area contributed by atoms with Crippen molar-refractivity contribution in [3.8, 4) is 11.1 Å². The SMILES string of the molecule is COC[C@H](NC(=O)C1(CNC(=O)OCC2c3ccccc3-c3ccccc32)CCCCC1)C(=O)O. The van der Waals surface area contributed by atoms with Gasteiger partial charge in [-0.3, -0.25) is 4.79 Å². The van der Waals surface area contributed by atoms with E-state index in [4.69, 9.17) is 9.47 Å². The summed E-state index contributed by atoms with van der Waals surface area (Å²) in [6.07, 6.45) is 3.23. The third kappa shape index (κ3) is 5.32. The molecule has 0 spiro atoms. The molecule has 186 valence electrons. The van der Waals surface area contributed by atoms with Crippen LogP contribution in [0.25, 0.3) is 11.1 Å². The first-order valence-electron chi connectivity index (χ1n) is 12.1. The average Bonchev–Trinajstić information content (AvgIpc) is 3.20. The number of carbonyl (C=O) groups excluding carboxylic acids is 2. The quantitative estimate of drug-likeness (QED) is 0.504. The molecule has 0 unspecified atom stereocenters. The predicted molar refractivity (Wildman–Crippen MR) is 130 cm³/mol. The van der Waals surface area contributed by atoms with E-state index < -0.39 is 23.5 Å². The number of ether oxygens (including phenoxy) is 2. The molecule has 0 radical (unpaired) electrons. The van der Waals surface area contributed by atoms with Gasteiger partial charge in [0.15, 0.2) is 6.04 Å². The van der Waals surface area contributed by atoms with Crippen molar-refractivity contribution in [1.82, 2.24) is 10.6 Å². The molecular weight excluding hydrogens is 448 g/mol. The average molecular weight is 481 g/mol. The van der Waals surface area contributed by atoms with Gasteiger partial charge >= 0.3 is 12.1 Å². The Balaban J connectivity index is 1.39. The Morgan fingerprint density at radius 3 is 2.17 bits per heavy atom. The molecule has 0 aliphatic heterocycles. The number of rotatable bonds is 9. The molecule has 8 nitrogen and oxygen atoms in total. The van der Waals surface area contributed by atoms with Crippen molar-refractivity contribution < 1.29 is 29.0 Å². The highest BCUT2D eigenvalue weighted by molar-refractivity contribution is 5.88. The lowest BCUT2D eigenvalue weighted by atomic mass is 9.73. The molecule has 0 bridgehead atoms. The van der Waals surface area contributed by atoms with Gasteiger partial charge in [0.05, 0.1) is 12.0 Å². The molecule has 2 aliphatic carbocycles. The third-order valence-corrected chi connectivity index (χ3v) is 7.14. The first-order valence-corrected chi connectivity index (χ1v) is 12.1. The number of methoxy groups -OCH3 is 1. The van der Waals surface area contributed by atoms with Crippen molar-refractivity contribution in [3.05, 3.63) is 59.7 Å². The summed E-state index contributed by atoms with van der Waals surface area (Å²) >= 11 is 0. The van der Waals surface area contributed by atoms with Gasteiger partial charge in [-0.05, 0) is 35.1 Å². The van der Waals surface area contributed by atoms with Crippen LogP contribution in [0, 0.1) is 5.41 Å². The van der Waals surface area contributed by atoms with Crippen molar-refractivity contribution in [3.63, 3.8) is 0 Å². The van der Waals surface area contributed by atoms with Crippen molar-refractivity contribution in [2.75, 3.05) is 26.9 Å². The lowest BCUT2D eigenvalue weighted by molar-refractivity contribution is -0.146. The number of hydrogen-bond donors (Lipinski definition) is 3. The number of fused-ring (bicyclic) bond motifs is 3. The van der Waals surface area contributed by atoms with Gasteiger partial charge in [0.2, 0.25) is 5.91 Å². The van der Waals surface area contributed by atoms with Gasteiger partial charge in [-0.25, -0.2) is 9.59 Å². The van der Waals surface area contributed by atoms with Gasteiger partial charge in [-0.2, -0.15) is 0 Å². The van der Waals surface area contributed by atoms with Crippen molar-refractivity contribution in [2.45, 2.75) is 44.1 Å². The minimum atomic E-state index is -1.16. The Hall–Kier alpha value is -3.39. The number of nitrogens with one attached hydrogen (secondary N) is 2. The second kappa shape index (κ2) is 10.9. The van der Waals surface area contributed by atoms with Crippen LogP contribution in [-0.2, 0) is 19.1 Å². The standard InChI is InChI=1S/C27H32N2O6/c1-34-16-23(24(30)31)29-25(32)27(13-7-2-8-14-27)17-28-26(33)35-15-22-20-11-5-3-9-18(20)19-10-4-6-12-21(19)22/h3-6,9-12,22-23H,2,7-8,13-17H2,1H3,(H,28,33)(H,29,32)(H,30,31)/t23-/m0/s1. The maximum absolute atomic E-state index is 13.1. The van der Waals surface area contributed by atoms with Crippen molar-refractivity contribution in [1.29, 1.82) is 0 Å². The number of hydrogen-bond acceptors (Lipinski definition) is 5. The highest BCUT2D eigenvalue weighted by Gasteiger charge is 2.41. The number of amides is 2. The predicted octanol–water partition coefficient (Wildman–Crippen LogP) is 3.69. The van der Waals surface area contributed by atoms with Crippen LogP contribution >= 0.6 is 0 Å². The number of aliphatic carboxylic acids is 1. The topological polar surface area (TPSA) is 114 Å². The molecule has 2 aromatic rings. The zero-order chi connectivity index (χ0) is 24.8. The van der Waals surface area contributed by atoms with Gasteiger partial charge in [0.1, 0.15) is 6.61 Å². The molecule has 2 amide bonds. The summed E-state index contributed by atoms with van der Waals surface area (Å²) in [5.41, 5.74) is 3.69. The van der Waals surface area contributed by atoms with Crippen LogP contribution in [0.5, 0.6) is 0 Å². The lowest BCUT2D eigenvalue weighted by Crippen LogP contribution is -2.54. The summed E-state index contributed by atoms with van der Waals surface area (Å²) in [5, 5.41) is 14.8. The summed E-state index contributed by atoms with van der Waals surface area (Å²) in [7, 11) is 1.39. The number of benzene rings is 2. The van der Waals surface area contributed by atoms with Crippen LogP contribution in [0.1, 0.15) is 49.1 Å². The van der Waals surface area contributed by atoms with E-state index >= 15 is 0 Å². The molecule has 2 aliphatic rings. The Morgan fingerprint density at radius 1 is 1.00 bits per heavy atom. The molecule has 1 saturated carbocycles. The molecule has 0 saturated heterocycles. The fraction of sp³-hybridized carbons (Fsp3) is 0.444. The van der Waals surface area contributed by atoms with Crippen molar-refractivity contribution >= 4 is 18.0 Å². The van der Waals surface area contributed by atoms with E-state index in [-0.39, 0.29) is 31.6 Å². The van der Waals surface area contributed by atoms with Crippen LogP contribution in [0.15, 0.2) is 48.5 Å². The van der Waals surface area contributed by atoms with Gasteiger partial charge in [-0.1, -0.05) is 67.8 Å². The zero-order valence-electron chi connectivity index (χ0n) is 19.9. The molecule has 1 atom stereocenters. The summed E-state index contributed by atoms with van der Waals surface area (Å²) in [6.45, 7) is 0.153. The molecule has 35 heavy (non-hydrogen) atoms. The fourth-order valence-corrected chi connectivity index (χ4v) is 5.26. The summed E-state index contributed by atoms with van der Waals surface area (Å²) in [6, 6.07) is 15.1. The van der Waals surface area contributed by atoms with E-state index in [0.29, 0.717) is 12.8 Å². The Kier molecular flexibility index (Phi) is 7.70. The van der Waals surface area contributed by atoms with E-state index in [1.165, 1.54) is 7.11 Å². The highest BCUT2D eigenvalue weighted by Crippen LogP contribution is 2.44. The molecule has 1 fully saturated rings. The summed E-state index contributed by atoms with van der Waals surface area (Å²) in [5.74, 6) is -1.58. The number of carboxylic acid groups (broad SMARTS) is 1. The minimum Gasteiger partial charge on any atom is -0.480 e. The van der Waals surface area contributed by atoms with E-state index in [1.807, 2.05) is 24.3 Å². The number of carbonyl (C=O) groups is 3. The molecule has 0 heterocycles. The van der Waals surface area contributed by atoms with Gasteiger partial charge in [0, 0.05) is 19.6 Å². The number of alkyl carbamates (subject to hydrolysis) is 1. The normalized spacial score (nSPS) is 17.1. The monoisotopic (exact) mass is 480 g/mol. The number of carboxylic acids is 1. The molecule has 3 N–H and O–H groups in total. The highest BCUT2D eigenvalue weighted by atomic mass is 16.5. The van der Waals surface area contributed by atoms with Gasteiger partial charge in [-0.15, -0.1) is 0 Å². The van der Waals surface area contributed by atoms with E-state index in [1.54, 1.807) is 0 Å². The maximum Gasteiger partial charge on any atom is 0.407 e. The largest absolute Gasteiger partial charge is 0.480 e. The first-order chi connectivity index (χ1) is 16.9. The van der Waals surface area contributed by atoms with Gasteiger partial charge in [0.25, 0.3) is 0 Å². The third-order valence-electron chi connectivity index (χ3n) is 7.14. The molecule has 4 rings (SSSR count). The smallest absolute Gasteiger partial charge is 0.407 e. The second-order valence-corrected chi connectivity index (χ2v) is 9.34. The Bertz CT molecular complexity index is 1030. The molecular formula is C27H32N2O6. The van der Waals surface area contributed by atoms with Crippen LogP contribution in [0.3, 0.4) is 0 Å².